The van der Waals surface area contributed by atoms with Crippen molar-refractivity contribution < 1.29 is 29.0 Å². The number of nitrogens with zero attached hydrogens (tertiary/aromatic N) is 2. The Morgan fingerprint density at radius 3 is 2.72 bits per heavy atom. The van der Waals surface area contributed by atoms with Gasteiger partial charge in [-0.1, -0.05) is 0 Å². The summed E-state index contributed by atoms with van der Waals surface area (Å²) in [6.45, 7) is 5.66. The van der Waals surface area contributed by atoms with E-state index in [1.165, 1.54) is 0 Å². The molecule has 1 aromatic rings. The lowest BCUT2D eigenvalue weighted by atomic mass is 9.88. The quantitative estimate of drug-likeness (QED) is 0.409. The zero-order valence-electron chi connectivity index (χ0n) is 21.4. The number of aliphatic hydroxyl groups is 1. The molecule has 36 heavy (non-hydrogen) atoms. The van der Waals surface area contributed by atoms with E-state index in [4.69, 9.17) is 14.6 Å². The van der Waals surface area contributed by atoms with E-state index in [9.17, 15) is 14.4 Å². The maximum absolute atomic E-state index is 13.8. The number of aliphatic hydroxyl groups excluding tert-OH is 1. The van der Waals surface area contributed by atoms with Crippen LogP contribution in [0.5, 0.6) is 5.75 Å². The SMILES string of the molecule is COCCCN1C(=O)C(C)(C)Oc2ccc(N(C(=O)[C@H]3CNC[C@@H](C(=O)NCCO)C3)C3CC3)cc21. The number of carbonyl (C=O) groups is 3. The van der Waals surface area contributed by atoms with E-state index in [1.807, 2.05) is 23.1 Å². The number of hydrogen-bond donors (Lipinski definition) is 3. The van der Waals surface area contributed by atoms with Crippen LogP contribution in [0.1, 0.15) is 39.5 Å². The van der Waals surface area contributed by atoms with Gasteiger partial charge in [0.1, 0.15) is 5.75 Å². The Kier molecular flexibility index (Phi) is 8.17. The van der Waals surface area contributed by atoms with E-state index in [0.29, 0.717) is 50.5 Å². The second-order valence-corrected chi connectivity index (χ2v) is 10.3. The Hall–Kier alpha value is -2.69. The molecule has 3 amide bonds. The number of piperidine rings is 1. The molecule has 0 bridgehead atoms. The molecule has 0 aromatic heterocycles. The van der Waals surface area contributed by atoms with Gasteiger partial charge >= 0.3 is 0 Å². The molecule has 2 fully saturated rings. The summed E-state index contributed by atoms with van der Waals surface area (Å²) in [6, 6.07) is 5.72. The number of benzene rings is 1. The third-order valence-corrected chi connectivity index (χ3v) is 7.00. The van der Waals surface area contributed by atoms with Gasteiger partial charge < -0.3 is 35.0 Å². The zero-order chi connectivity index (χ0) is 25.9. The summed E-state index contributed by atoms with van der Waals surface area (Å²) in [6.07, 6.45) is 2.98. The molecule has 2 aliphatic heterocycles. The van der Waals surface area contributed by atoms with Crippen LogP contribution in [0.3, 0.4) is 0 Å². The van der Waals surface area contributed by atoms with Crippen LogP contribution < -0.4 is 25.2 Å². The van der Waals surface area contributed by atoms with Gasteiger partial charge in [-0.05, 0) is 57.7 Å². The first-order valence-electron chi connectivity index (χ1n) is 12.8. The van der Waals surface area contributed by atoms with Crippen molar-refractivity contribution in [2.75, 3.05) is 56.3 Å². The van der Waals surface area contributed by atoms with E-state index in [-0.39, 0.29) is 48.8 Å². The van der Waals surface area contributed by atoms with Gasteiger partial charge in [0.05, 0.1) is 24.1 Å². The fourth-order valence-corrected chi connectivity index (χ4v) is 5.00. The number of nitrogens with one attached hydrogen (secondary N) is 2. The molecule has 2 atom stereocenters. The van der Waals surface area contributed by atoms with Gasteiger partial charge in [-0.25, -0.2) is 0 Å². The summed E-state index contributed by atoms with van der Waals surface area (Å²) in [7, 11) is 1.64. The van der Waals surface area contributed by atoms with Crippen LogP contribution in [0.4, 0.5) is 11.4 Å². The molecule has 4 rings (SSSR count). The average molecular weight is 503 g/mol. The third-order valence-electron chi connectivity index (χ3n) is 7.00. The smallest absolute Gasteiger partial charge is 0.270 e. The predicted molar refractivity (Wildman–Crippen MR) is 135 cm³/mol. The van der Waals surface area contributed by atoms with Gasteiger partial charge in [0.2, 0.25) is 11.8 Å². The van der Waals surface area contributed by atoms with Crippen LogP contribution >= 0.6 is 0 Å². The van der Waals surface area contributed by atoms with Crippen molar-refractivity contribution in [2.24, 2.45) is 11.8 Å². The second kappa shape index (κ2) is 11.1. The van der Waals surface area contributed by atoms with Crippen molar-refractivity contribution >= 4 is 29.1 Å². The molecule has 0 spiro atoms. The molecule has 2 heterocycles. The summed E-state index contributed by atoms with van der Waals surface area (Å²) in [5.41, 5.74) is 0.419. The number of anilines is 2. The minimum absolute atomic E-state index is 0.0149. The molecule has 198 valence electrons. The number of ether oxygens (including phenoxy) is 2. The van der Waals surface area contributed by atoms with Crippen LogP contribution in [0.15, 0.2) is 18.2 Å². The largest absolute Gasteiger partial charge is 0.476 e. The highest BCUT2D eigenvalue weighted by Crippen LogP contribution is 2.43. The van der Waals surface area contributed by atoms with Crippen molar-refractivity contribution in [1.82, 2.24) is 10.6 Å². The topological polar surface area (TPSA) is 120 Å². The molecule has 3 N–H and O–H groups in total. The summed E-state index contributed by atoms with van der Waals surface area (Å²) < 4.78 is 11.2. The van der Waals surface area contributed by atoms with Gasteiger partial charge in [-0.2, -0.15) is 0 Å². The lowest BCUT2D eigenvalue weighted by Crippen LogP contribution is -2.53. The van der Waals surface area contributed by atoms with Gasteiger partial charge in [0.25, 0.3) is 5.91 Å². The van der Waals surface area contributed by atoms with Crippen LogP contribution in [0.2, 0.25) is 0 Å². The summed E-state index contributed by atoms with van der Waals surface area (Å²) >= 11 is 0. The molecule has 10 heteroatoms. The highest BCUT2D eigenvalue weighted by atomic mass is 16.5. The van der Waals surface area contributed by atoms with Gasteiger partial charge in [-0.15, -0.1) is 0 Å². The van der Waals surface area contributed by atoms with Crippen LogP contribution in [0.25, 0.3) is 0 Å². The number of rotatable bonds is 10. The first-order valence-corrected chi connectivity index (χ1v) is 12.8. The normalized spacial score (nSPS) is 23.0. The Bertz CT molecular complexity index is 979. The first kappa shape index (κ1) is 26.4. The minimum Gasteiger partial charge on any atom is -0.476 e. The Morgan fingerprint density at radius 1 is 1.28 bits per heavy atom. The van der Waals surface area contributed by atoms with E-state index >= 15 is 0 Å². The van der Waals surface area contributed by atoms with E-state index < -0.39 is 5.60 Å². The third kappa shape index (κ3) is 5.66. The number of fused-ring (bicyclic) bond motifs is 1. The highest BCUT2D eigenvalue weighted by molar-refractivity contribution is 6.04. The molecule has 1 saturated carbocycles. The van der Waals surface area contributed by atoms with Gasteiger partial charge in [0.15, 0.2) is 5.60 Å². The van der Waals surface area contributed by atoms with Gasteiger partial charge in [0, 0.05) is 51.6 Å². The molecule has 3 aliphatic rings. The molecule has 0 unspecified atom stereocenters. The molecule has 10 nitrogen and oxygen atoms in total. The summed E-state index contributed by atoms with van der Waals surface area (Å²) in [4.78, 5) is 43.0. The van der Waals surface area contributed by atoms with Crippen molar-refractivity contribution in [2.45, 2.75) is 51.2 Å². The zero-order valence-corrected chi connectivity index (χ0v) is 21.4. The first-order chi connectivity index (χ1) is 17.3. The maximum atomic E-state index is 13.8. The molecular formula is C26H38N4O6. The fourth-order valence-electron chi connectivity index (χ4n) is 5.00. The standard InChI is InChI=1S/C26H38N4O6/c1-26(2)25(34)29(10-4-12-35-3)21-14-20(7-8-22(21)36-26)30(19-5-6-19)24(33)18-13-17(15-27-16-18)23(32)28-9-11-31/h7-8,14,17-19,27,31H,4-6,9-13,15-16H2,1-3H3,(H,28,32)/t17-,18+/m0/s1. The van der Waals surface area contributed by atoms with Gasteiger partial charge in [-0.3, -0.25) is 14.4 Å². The Morgan fingerprint density at radius 2 is 2.03 bits per heavy atom. The average Bonchev–Trinajstić information content (AvgIpc) is 3.70. The van der Waals surface area contributed by atoms with Crippen molar-refractivity contribution in [1.29, 1.82) is 0 Å². The predicted octanol–water partition coefficient (Wildman–Crippen LogP) is 1.06. The van der Waals surface area contributed by atoms with Crippen molar-refractivity contribution in [3.8, 4) is 5.75 Å². The minimum atomic E-state index is -0.979. The van der Waals surface area contributed by atoms with Crippen LogP contribution in [-0.2, 0) is 19.1 Å². The number of amides is 3. The number of methoxy groups -OCH3 is 1. The fraction of sp³-hybridized carbons (Fsp3) is 0.654. The lowest BCUT2D eigenvalue weighted by molar-refractivity contribution is -0.132. The highest BCUT2D eigenvalue weighted by Gasteiger charge is 2.43. The number of hydrogen-bond acceptors (Lipinski definition) is 7. The monoisotopic (exact) mass is 502 g/mol. The lowest BCUT2D eigenvalue weighted by Gasteiger charge is -2.39. The molecular weight excluding hydrogens is 464 g/mol. The summed E-state index contributed by atoms with van der Waals surface area (Å²) in [5.74, 6) is -0.336. The molecule has 1 saturated heterocycles. The van der Waals surface area contributed by atoms with E-state index in [0.717, 1.165) is 18.5 Å². The van der Waals surface area contributed by atoms with E-state index in [1.54, 1.807) is 25.9 Å². The Labute approximate surface area is 212 Å². The van der Waals surface area contributed by atoms with Crippen LogP contribution in [-0.4, -0.2) is 81.0 Å². The molecule has 1 aliphatic carbocycles. The number of carbonyl (C=O) groups excluding carboxylic acids is 3. The second-order valence-electron chi connectivity index (χ2n) is 10.3. The molecule has 0 radical (unpaired) electrons. The maximum Gasteiger partial charge on any atom is 0.270 e. The summed E-state index contributed by atoms with van der Waals surface area (Å²) in [5, 5.41) is 14.9. The van der Waals surface area contributed by atoms with E-state index in [2.05, 4.69) is 10.6 Å². The van der Waals surface area contributed by atoms with Crippen molar-refractivity contribution in [3.05, 3.63) is 18.2 Å². The molecule has 1 aromatic carbocycles. The Balaban J connectivity index is 1.57. The van der Waals surface area contributed by atoms with Crippen molar-refractivity contribution in [3.63, 3.8) is 0 Å². The van der Waals surface area contributed by atoms with Crippen LogP contribution in [0, 0.1) is 11.8 Å².